The molecule has 0 radical (unpaired) electrons. The van der Waals surface area contributed by atoms with Crippen LogP contribution in [0, 0.1) is 0 Å². The van der Waals surface area contributed by atoms with E-state index in [0.717, 1.165) is 30.1 Å². The van der Waals surface area contributed by atoms with Gasteiger partial charge in [0.25, 0.3) is 0 Å². The number of hydrogen-bond donors (Lipinski definition) is 2. The Kier molecular flexibility index (Phi) is 6.17. The first-order chi connectivity index (χ1) is 10.2. The number of thioether (sulfide) groups is 1. The zero-order chi connectivity index (χ0) is 15.1. The maximum absolute atomic E-state index is 4.41. The van der Waals surface area contributed by atoms with Gasteiger partial charge in [-0.2, -0.15) is 11.8 Å². The number of aliphatic imine (C=N–C) groups is 1. The zero-order valence-corrected chi connectivity index (χ0v) is 13.9. The summed E-state index contributed by atoms with van der Waals surface area (Å²) in [6.07, 6.45) is 4.47. The molecule has 0 saturated carbocycles. The van der Waals surface area contributed by atoms with Gasteiger partial charge in [-0.1, -0.05) is 6.07 Å². The second kappa shape index (κ2) is 8.12. The van der Waals surface area contributed by atoms with E-state index in [1.807, 2.05) is 38.3 Å². The first-order valence-electron chi connectivity index (χ1n) is 7.38. The highest BCUT2D eigenvalue weighted by Gasteiger charge is 2.15. The quantitative estimate of drug-likeness (QED) is 0.641. The SMILES string of the molecule is CN=C(NCc1cccnc1N(C)C)NCC1CCCS1. The van der Waals surface area contributed by atoms with Crippen molar-refractivity contribution in [3.8, 4) is 0 Å². The standard InChI is InChI=1S/C15H25N5S/c1-16-15(19-11-13-7-5-9-21-13)18-10-12-6-4-8-17-14(12)20(2)3/h4,6,8,13H,5,7,9-11H2,1-3H3,(H2,16,18,19). The van der Waals surface area contributed by atoms with E-state index in [-0.39, 0.29) is 0 Å². The number of pyridine rings is 1. The van der Waals surface area contributed by atoms with Gasteiger partial charge in [-0.25, -0.2) is 4.98 Å². The molecule has 21 heavy (non-hydrogen) atoms. The molecule has 2 heterocycles. The van der Waals surface area contributed by atoms with Crippen LogP contribution >= 0.6 is 11.8 Å². The fourth-order valence-corrected chi connectivity index (χ4v) is 3.59. The zero-order valence-electron chi connectivity index (χ0n) is 13.1. The molecule has 1 fully saturated rings. The number of anilines is 1. The summed E-state index contributed by atoms with van der Waals surface area (Å²) in [5.41, 5.74) is 1.17. The molecule has 1 aliphatic heterocycles. The van der Waals surface area contributed by atoms with E-state index < -0.39 is 0 Å². The van der Waals surface area contributed by atoms with Gasteiger partial charge < -0.3 is 15.5 Å². The summed E-state index contributed by atoms with van der Waals surface area (Å²) >= 11 is 2.05. The summed E-state index contributed by atoms with van der Waals surface area (Å²) in [6, 6.07) is 4.06. The number of nitrogens with zero attached hydrogens (tertiary/aromatic N) is 3. The molecular formula is C15H25N5S. The first-order valence-corrected chi connectivity index (χ1v) is 8.43. The number of aromatic nitrogens is 1. The summed E-state index contributed by atoms with van der Waals surface area (Å²) < 4.78 is 0. The van der Waals surface area contributed by atoms with Gasteiger partial charge in [0, 0.05) is 51.2 Å². The Hall–Kier alpha value is -1.43. The molecular weight excluding hydrogens is 282 g/mol. The molecule has 5 nitrogen and oxygen atoms in total. The molecule has 0 spiro atoms. The van der Waals surface area contributed by atoms with Gasteiger partial charge in [-0.3, -0.25) is 4.99 Å². The highest BCUT2D eigenvalue weighted by atomic mass is 32.2. The minimum atomic E-state index is 0.721. The Morgan fingerprint density at radius 2 is 2.33 bits per heavy atom. The van der Waals surface area contributed by atoms with Gasteiger partial charge in [0.15, 0.2) is 5.96 Å². The third-order valence-corrected chi connectivity index (χ3v) is 4.88. The molecule has 1 aliphatic rings. The molecule has 0 amide bonds. The van der Waals surface area contributed by atoms with Crippen LogP contribution in [0.2, 0.25) is 0 Å². The third-order valence-electron chi connectivity index (χ3n) is 3.48. The molecule has 2 rings (SSSR count). The average molecular weight is 307 g/mol. The highest BCUT2D eigenvalue weighted by molar-refractivity contribution is 8.00. The number of nitrogens with one attached hydrogen (secondary N) is 2. The van der Waals surface area contributed by atoms with Crippen molar-refractivity contribution in [2.45, 2.75) is 24.6 Å². The maximum atomic E-state index is 4.41. The first kappa shape index (κ1) is 15.9. The number of rotatable bonds is 5. The lowest BCUT2D eigenvalue weighted by molar-refractivity contribution is 0.725. The van der Waals surface area contributed by atoms with Crippen LogP contribution in [-0.4, -0.2) is 49.6 Å². The second-order valence-electron chi connectivity index (χ2n) is 5.32. The van der Waals surface area contributed by atoms with E-state index in [0.29, 0.717) is 0 Å². The number of hydrogen-bond acceptors (Lipinski definition) is 4. The van der Waals surface area contributed by atoms with E-state index >= 15 is 0 Å². The second-order valence-corrected chi connectivity index (χ2v) is 6.73. The maximum Gasteiger partial charge on any atom is 0.191 e. The Bertz CT molecular complexity index is 469. The van der Waals surface area contributed by atoms with Gasteiger partial charge in [0.1, 0.15) is 5.82 Å². The molecule has 2 N–H and O–H groups in total. The van der Waals surface area contributed by atoms with Crippen LogP contribution in [0.15, 0.2) is 23.3 Å². The van der Waals surface area contributed by atoms with Crippen LogP contribution in [0.4, 0.5) is 5.82 Å². The van der Waals surface area contributed by atoms with Crippen molar-refractivity contribution in [2.75, 3.05) is 38.3 Å². The monoisotopic (exact) mass is 307 g/mol. The summed E-state index contributed by atoms with van der Waals surface area (Å²) in [5.74, 6) is 3.14. The minimum Gasteiger partial charge on any atom is -0.362 e. The van der Waals surface area contributed by atoms with Crippen molar-refractivity contribution in [3.63, 3.8) is 0 Å². The fourth-order valence-electron chi connectivity index (χ4n) is 2.39. The van der Waals surface area contributed by atoms with Crippen molar-refractivity contribution in [1.82, 2.24) is 15.6 Å². The molecule has 0 bridgehead atoms. The lowest BCUT2D eigenvalue weighted by Crippen LogP contribution is -2.40. The van der Waals surface area contributed by atoms with Gasteiger partial charge in [0.05, 0.1) is 0 Å². The van der Waals surface area contributed by atoms with Gasteiger partial charge >= 0.3 is 0 Å². The summed E-state index contributed by atoms with van der Waals surface area (Å²) in [7, 11) is 5.83. The van der Waals surface area contributed by atoms with Crippen LogP contribution in [0.25, 0.3) is 0 Å². The highest BCUT2D eigenvalue weighted by Crippen LogP contribution is 2.25. The minimum absolute atomic E-state index is 0.721. The van der Waals surface area contributed by atoms with Crippen molar-refractivity contribution in [3.05, 3.63) is 23.9 Å². The van der Waals surface area contributed by atoms with E-state index in [1.165, 1.54) is 24.2 Å². The normalized spacial score (nSPS) is 18.6. The molecule has 116 valence electrons. The lowest BCUT2D eigenvalue weighted by Gasteiger charge is -2.18. The van der Waals surface area contributed by atoms with Crippen LogP contribution in [0.1, 0.15) is 18.4 Å². The molecule has 0 aromatic carbocycles. The molecule has 1 unspecified atom stereocenters. The van der Waals surface area contributed by atoms with Crippen LogP contribution in [0.3, 0.4) is 0 Å². The molecule has 1 saturated heterocycles. The Labute approximate surface area is 131 Å². The third kappa shape index (κ3) is 4.81. The summed E-state index contributed by atoms with van der Waals surface area (Å²) in [6.45, 7) is 1.71. The van der Waals surface area contributed by atoms with Crippen molar-refractivity contribution in [1.29, 1.82) is 0 Å². The Morgan fingerprint density at radius 3 is 3.00 bits per heavy atom. The van der Waals surface area contributed by atoms with E-state index in [1.54, 1.807) is 0 Å². The molecule has 6 heteroatoms. The van der Waals surface area contributed by atoms with E-state index in [9.17, 15) is 0 Å². The Morgan fingerprint density at radius 1 is 1.48 bits per heavy atom. The lowest BCUT2D eigenvalue weighted by atomic mass is 10.2. The molecule has 0 aliphatic carbocycles. The van der Waals surface area contributed by atoms with E-state index in [2.05, 4.69) is 38.4 Å². The van der Waals surface area contributed by atoms with Crippen molar-refractivity contribution in [2.24, 2.45) is 4.99 Å². The predicted octanol–water partition coefficient (Wildman–Crippen LogP) is 1.71. The molecule has 1 atom stereocenters. The molecule has 1 aromatic rings. The largest absolute Gasteiger partial charge is 0.362 e. The Balaban J connectivity index is 1.85. The fraction of sp³-hybridized carbons (Fsp3) is 0.600. The summed E-state index contributed by atoms with van der Waals surface area (Å²) in [5, 5.41) is 7.50. The average Bonchev–Trinajstić information content (AvgIpc) is 3.01. The topological polar surface area (TPSA) is 52.6 Å². The molecule has 1 aromatic heterocycles. The summed E-state index contributed by atoms with van der Waals surface area (Å²) in [4.78, 5) is 10.7. The smallest absolute Gasteiger partial charge is 0.191 e. The van der Waals surface area contributed by atoms with Crippen LogP contribution in [-0.2, 0) is 6.54 Å². The van der Waals surface area contributed by atoms with Gasteiger partial charge in [-0.15, -0.1) is 0 Å². The van der Waals surface area contributed by atoms with Gasteiger partial charge in [-0.05, 0) is 24.7 Å². The van der Waals surface area contributed by atoms with Crippen LogP contribution in [0.5, 0.6) is 0 Å². The van der Waals surface area contributed by atoms with Crippen molar-refractivity contribution < 1.29 is 0 Å². The predicted molar refractivity (Wildman–Crippen MR) is 92.2 cm³/mol. The number of guanidine groups is 1. The van der Waals surface area contributed by atoms with Gasteiger partial charge in [0.2, 0.25) is 0 Å². The van der Waals surface area contributed by atoms with Crippen molar-refractivity contribution >= 4 is 23.5 Å². The van der Waals surface area contributed by atoms with E-state index in [4.69, 9.17) is 0 Å². The van der Waals surface area contributed by atoms with Crippen LogP contribution < -0.4 is 15.5 Å².